The van der Waals surface area contributed by atoms with Crippen molar-refractivity contribution in [2.75, 3.05) is 0 Å². The van der Waals surface area contributed by atoms with E-state index in [1.54, 1.807) is 11.3 Å². The van der Waals surface area contributed by atoms with Gasteiger partial charge in [0, 0.05) is 9.17 Å². The van der Waals surface area contributed by atoms with Gasteiger partial charge in [-0.2, -0.15) is 0 Å². The summed E-state index contributed by atoms with van der Waals surface area (Å²) in [5, 5.41) is 1.22. The maximum atomic E-state index is 6.79. The fourth-order valence-electron chi connectivity index (χ4n) is 1.24. The van der Waals surface area contributed by atoms with Crippen molar-refractivity contribution >= 4 is 37.4 Å². The molecule has 0 saturated carbocycles. The summed E-state index contributed by atoms with van der Waals surface area (Å²) in [5.41, 5.74) is 0. The normalized spacial score (nSPS) is 10.2. The molecule has 64 valence electrons. The van der Waals surface area contributed by atoms with Gasteiger partial charge < -0.3 is 4.85 Å². The minimum Gasteiger partial charge on any atom is -0.311 e. The molecule has 3 heteroatoms. The Labute approximate surface area is 89.0 Å². The van der Waals surface area contributed by atoms with Crippen molar-refractivity contribution in [1.82, 2.24) is 0 Å². The molecular formula is C10H6BrNS. The van der Waals surface area contributed by atoms with Gasteiger partial charge in [0.1, 0.15) is 0 Å². The third-order valence-electron chi connectivity index (χ3n) is 1.78. The zero-order valence-electron chi connectivity index (χ0n) is 6.75. The number of rotatable bonds is 1. The number of hydrogen-bond donors (Lipinski definition) is 0. The monoisotopic (exact) mass is 251 g/mol. The quantitative estimate of drug-likeness (QED) is 0.673. The molecule has 2 rings (SSSR count). The summed E-state index contributed by atoms with van der Waals surface area (Å²) in [4.78, 5) is 4.51. The molecule has 0 bridgehead atoms. The van der Waals surface area contributed by atoms with Crippen molar-refractivity contribution < 1.29 is 0 Å². The molecule has 0 fully saturated rings. The Morgan fingerprint density at radius 2 is 2.31 bits per heavy atom. The number of nitrogens with zero attached hydrogens (tertiary/aromatic N) is 1. The molecule has 1 aromatic carbocycles. The van der Waals surface area contributed by atoms with Crippen LogP contribution in [-0.4, -0.2) is 0 Å². The van der Waals surface area contributed by atoms with E-state index >= 15 is 0 Å². The first-order chi connectivity index (χ1) is 6.31. The van der Waals surface area contributed by atoms with E-state index in [0.717, 1.165) is 9.35 Å². The van der Waals surface area contributed by atoms with Crippen LogP contribution in [0.1, 0.15) is 4.88 Å². The Morgan fingerprint density at radius 3 is 3.00 bits per heavy atom. The van der Waals surface area contributed by atoms with Gasteiger partial charge in [0.05, 0.1) is 4.88 Å². The maximum absolute atomic E-state index is 6.79. The van der Waals surface area contributed by atoms with Crippen molar-refractivity contribution in [1.29, 1.82) is 0 Å². The second kappa shape index (κ2) is 3.49. The number of benzene rings is 1. The smallest absolute Gasteiger partial charge is 0.248 e. The predicted octanol–water partition coefficient (Wildman–Crippen LogP) is 4.08. The van der Waals surface area contributed by atoms with Gasteiger partial charge in [0.15, 0.2) is 0 Å². The van der Waals surface area contributed by atoms with Crippen molar-refractivity contribution in [3.63, 3.8) is 0 Å². The van der Waals surface area contributed by atoms with Crippen molar-refractivity contribution in [2.45, 2.75) is 6.54 Å². The second-order valence-corrected chi connectivity index (χ2v) is 4.68. The van der Waals surface area contributed by atoms with E-state index < -0.39 is 0 Å². The highest BCUT2D eigenvalue weighted by molar-refractivity contribution is 9.10. The molecule has 0 aliphatic carbocycles. The number of hydrogen-bond acceptors (Lipinski definition) is 1. The summed E-state index contributed by atoms with van der Waals surface area (Å²) in [7, 11) is 0. The molecule has 1 aromatic heterocycles. The first-order valence-corrected chi connectivity index (χ1v) is 5.42. The first kappa shape index (κ1) is 8.74. The van der Waals surface area contributed by atoms with Crippen LogP contribution < -0.4 is 0 Å². The SMILES string of the molecule is [C-]#[N+]Cc1cc2cccc(Br)c2s1. The van der Waals surface area contributed by atoms with Gasteiger partial charge in [0.25, 0.3) is 0 Å². The fourth-order valence-corrected chi connectivity index (χ4v) is 2.85. The topological polar surface area (TPSA) is 4.36 Å². The van der Waals surface area contributed by atoms with Crippen LogP contribution in [0.25, 0.3) is 14.9 Å². The largest absolute Gasteiger partial charge is 0.311 e. The lowest BCUT2D eigenvalue weighted by Crippen LogP contribution is -1.64. The highest BCUT2D eigenvalue weighted by atomic mass is 79.9. The molecule has 1 nitrogen and oxygen atoms in total. The summed E-state index contributed by atoms with van der Waals surface area (Å²) < 4.78 is 2.35. The summed E-state index contributed by atoms with van der Waals surface area (Å²) in [5.74, 6) is 0. The van der Waals surface area contributed by atoms with Gasteiger partial charge in [-0.3, -0.25) is 0 Å². The van der Waals surface area contributed by atoms with E-state index in [9.17, 15) is 0 Å². The van der Waals surface area contributed by atoms with E-state index in [4.69, 9.17) is 6.57 Å². The van der Waals surface area contributed by atoms with Crippen molar-refractivity contribution in [3.05, 3.63) is 45.0 Å². The Morgan fingerprint density at radius 1 is 1.46 bits per heavy atom. The third kappa shape index (κ3) is 1.60. The van der Waals surface area contributed by atoms with Gasteiger partial charge >= 0.3 is 0 Å². The molecular weight excluding hydrogens is 246 g/mol. The van der Waals surface area contributed by atoms with Crippen LogP contribution in [0.3, 0.4) is 0 Å². The molecule has 0 spiro atoms. The van der Waals surface area contributed by atoms with Crippen molar-refractivity contribution in [2.24, 2.45) is 0 Å². The van der Waals surface area contributed by atoms with Gasteiger partial charge in [-0.15, -0.1) is 11.3 Å². The van der Waals surface area contributed by atoms with Crippen molar-refractivity contribution in [3.8, 4) is 0 Å². The zero-order chi connectivity index (χ0) is 9.26. The minimum absolute atomic E-state index is 0.492. The van der Waals surface area contributed by atoms with Crippen LogP contribution in [0.4, 0.5) is 0 Å². The average Bonchev–Trinajstić information content (AvgIpc) is 2.49. The predicted molar refractivity (Wildman–Crippen MR) is 59.8 cm³/mol. The average molecular weight is 252 g/mol. The molecule has 1 heterocycles. The highest BCUT2D eigenvalue weighted by Crippen LogP contribution is 2.32. The van der Waals surface area contributed by atoms with Gasteiger partial charge in [-0.25, -0.2) is 6.57 Å². The van der Waals surface area contributed by atoms with E-state index in [1.165, 1.54) is 10.1 Å². The molecule has 0 N–H and O–H groups in total. The second-order valence-electron chi connectivity index (χ2n) is 2.69. The van der Waals surface area contributed by atoms with Crippen LogP contribution in [0.2, 0.25) is 0 Å². The molecule has 0 aliphatic heterocycles. The molecule has 0 amide bonds. The molecule has 0 aliphatic rings. The van der Waals surface area contributed by atoms with E-state index in [1.807, 2.05) is 12.1 Å². The van der Waals surface area contributed by atoms with Gasteiger partial charge in [-0.05, 0) is 33.4 Å². The Kier molecular flexibility index (Phi) is 2.34. The molecule has 0 radical (unpaired) electrons. The lowest BCUT2D eigenvalue weighted by Gasteiger charge is -1.89. The molecule has 2 aromatic rings. The minimum atomic E-state index is 0.492. The van der Waals surface area contributed by atoms with E-state index in [0.29, 0.717) is 6.54 Å². The highest BCUT2D eigenvalue weighted by Gasteiger charge is 2.05. The molecule has 0 atom stereocenters. The summed E-state index contributed by atoms with van der Waals surface area (Å²) >= 11 is 5.18. The molecule has 13 heavy (non-hydrogen) atoms. The number of thiophene rings is 1. The third-order valence-corrected chi connectivity index (χ3v) is 3.87. The first-order valence-electron chi connectivity index (χ1n) is 3.81. The van der Waals surface area contributed by atoms with Gasteiger partial charge in [0.2, 0.25) is 6.54 Å². The Bertz CT molecular complexity index is 481. The van der Waals surface area contributed by atoms with E-state index in [-0.39, 0.29) is 0 Å². The summed E-state index contributed by atoms with van der Waals surface area (Å²) in [6.45, 7) is 7.28. The zero-order valence-corrected chi connectivity index (χ0v) is 9.15. The Balaban J connectivity index is 2.63. The van der Waals surface area contributed by atoms with Crippen LogP contribution in [0, 0.1) is 6.57 Å². The van der Waals surface area contributed by atoms with Crippen LogP contribution >= 0.6 is 27.3 Å². The fraction of sp³-hybridized carbons (Fsp3) is 0.100. The lowest BCUT2D eigenvalue weighted by atomic mass is 10.2. The van der Waals surface area contributed by atoms with Crippen LogP contribution in [0.5, 0.6) is 0 Å². The lowest BCUT2D eigenvalue weighted by molar-refractivity contribution is 1.34. The maximum Gasteiger partial charge on any atom is 0.248 e. The van der Waals surface area contributed by atoms with Crippen LogP contribution in [-0.2, 0) is 6.54 Å². The molecule has 0 unspecified atom stereocenters. The summed E-state index contributed by atoms with van der Waals surface area (Å²) in [6.07, 6.45) is 0. The molecule has 0 saturated heterocycles. The standard InChI is InChI=1S/C10H6BrNS/c1-12-6-8-5-7-3-2-4-9(11)10(7)13-8/h2-5H,6H2. The van der Waals surface area contributed by atoms with Gasteiger partial charge in [-0.1, -0.05) is 12.1 Å². The number of fused-ring (bicyclic) bond motifs is 1. The van der Waals surface area contributed by atoms with E-state index in [2.05, 4.69) is 32.9 Å². The number of halogens is 1. The summed E-state index contributed by atoms with van der Waals surface area (Å²) in [6, 6.07) is 8.20. The Hall–Kier alpha value is -0.850. The van der Waals surface area contributed by atoms with Crippen LogP contribution in [0.15, 0.2) is 28.7 Å².